The van der Waals surface area contributed by atoms with Gasteiger partial charge in [0, 0.05) is 11.2 Å². The van der Waals surface area contributed by atoms with E-state index in [0.717, 1.165) is 18.4 Å². The van der Waals surface area contributed by atoms with Gasteiger partial charge in [0.1, 0.15) is 0 Å². The summed E-state index contributed by atoms with van der Waals surface area (Å²) in [5.74, 6) is 2.84. The Bertz CT molecular complexity index is 433. The lowest BCUT2D eigenvalue weighted by atomic mass is 10.2. The van der Waals surface area contributed by atoms with Gasteiger partial charge < -0.3 is 0 Å². The van der Waals surface area contributed by atoms with Crippen molar-refractivity contribution in [1.82, 2.24) is 0 Å². The van der Waals surface area contributed by atoms with Gasteiger partial charge in [-0.2, -0.15) is 0 Å². The van der Waals surface area contributed by atoms with Crippen molar-refractivity contribution in [3.8, 4) is 11.6 Å². The average molecular weight is 266 g/mol. The second-order valence-electron chi connectivity index (χ2n) is 3.77. The lowest BCUT2D eigenvalue weighted by Crippen LogP contribution is -1.96. The van der Waals surface area contributed by atoms with Gasteiger partial charge in [0.05, 0.1) is 13.2 Å². The molecular weight excluding hydrogens is 247 g/mol. The van der Waals surface area contributed by atoms with E-state index in [0.29, 0.717) is 13.2 Å². The first-order valence-electron chi connectivity index (χ1n) is 6.17. The molecular formula is C14H19O3P. The van der Waals surface area contributed by atoms with Crippen molar-refractivity contribution in [3.05, 3.63) is 35.9 Å². The van der Waals surface area contributed by atoms with Gasteiger partial charge in [0.15, 0.2) is 0 Å². The Kier molecular flexibility index (Phi) is 6.75. The minimum absolute atomic E-state index is 0.393. The standard InChI is InChI=1S/C14H19O3P/c1-3-11-16-18(15,17-12-4-2)13-10-14-8-6-5-7-9-14/h5-9H,3-4,11-12H2,1-2H3. The molecule has 0 spiro atoms. The highest BCUT2D eigenvalue weighted by Gasteiger charge is 2.20. The molecule has 98 valence electrons. The zero-order valence-corrected chi connectivity index (χ0v) is 11.8. The van der Waals surface area contributed by atoms with Gasteiger partial charge >= 0.3 is 7.60 Å². The van der Waals surface area contributed by atoms with Crippen LogP contribution in [-0.2, 0) is 13.6 Å². The van der Waals surface area contributed by atoms with Crippen molar-refractivity contribution in [3.63, 3.8) is 0 Å². The fourth-order valence-electron chi connectivity index (χ4n) is 1.18. The maximum atomic E-state index is 12.3. The summed E-state index contributed by atoms with van der Waals surface area (Å²) in [6.07, 6.45) is 1.57. The largest absolute Gasteiger partial charge is 0.405 e. The Balaban J connectivity index is 2.78. The molecule has 0 unspecified atom stereocenters. The van der Waals surface area contributed by atoms with E-state index in [4.69, 9.17) is 9.05 Å². The fourth-order valence-corrected chi connectivity index (χ4v) is 2.49. The zero-order valence-electron chi connectivity index (χ0n) is 10.9. The van der Waals surface area contributed by atoms with Crippen LogP contribution in [0.1, 0.15) is 32.3 Å². The molecule has 0 atom stereocenters. The molecule has 0 aliphatic rings. The molecule has 1 aromatic carbocycles. The summed E-state index contributed by atoms with van der Waals surface area (Å²) in [6.45, 7) is 4.69. The van der Waals surface area contributed by atoms with Crippen molar-refractivity contribution in [1.29, 1.82) is 0 Å². The van der Waals surface area contributed by atoms with Gasteiger partial charge in [0.25, 0.3) is 0 Å². The zero-order chi connectivity index (χ0) is 13.3. The lowest BCUT2D eigenvalue weighted by Gasteiger charge is -2.11. The molecule has 3 nitrogen and oxygen atoms in total. The van der Waals surface area contributed by atoms with Crippen LogP contribution in [-0.4, -0.2) is 13.2 Å². The smallest absolute Gasteiger partial charge is 0.299 e. The molecule has 0 aliphatic heterocycles. The average Bonchev–Trinajstić information content (AvgIpc) is 2.42. The molecule has 18 heavy (non-hydrogen) atoms. The van der Waals surface area contributed by atoms with Crippen LogP contribution in [0.4, 0.5) is 0 Å². The van der Waals surface area contributed by atoms with E-state index >= 15 is 0 Å². The highest BCUT2D eigenvalue weighted by molar-refractivity contribution is 7.59. The van der Waals surface area contributed by atoms with Crippen LogP contribution in [0.3, 0.4) is 0 Å². The van der Waals surface area contributed by atoms with E-state index in [1.54, 1.807) is 0 Å². The Morgan fingerprint density at radius 1 is 1.06 bits per heavy atom. The molecule has 4 heteroatoms. The molecule has 0 saturated carbocycles. The van der Waals surface area contributed by atoms with Crippen LogP contribution >= 0.6 is 7.60 Å². The van der Waals surface area contributed by atoms with E-state index < -0.39 is 7.60 Å². The van der Waals surface area contributed by atoms with Crippen molar-refractivity contribution < 1.29 is 13.6 Å². The van der Waals surface area contributed by atoms with Crippen LogP contribution < -0.4 is 0 Å². The molecule has 0 aliphatic carbocycles. The van der Waals surface area contributed by atoms with E-state index in [1.165, 1.54) is 0 Å². The van der Waals surface area contributed by atoms with Gasteiger partial charge in [-0.05, 0) is 25.0 Å². The van der Waals surface area contributed by atoms with Gasteiger partial charge in [-0.15, -0.1) is 0 Å². The van der Waals surface area contributed by atoms with E-state index in [9.17, 15) is 4.57 Å². The number of rotatable bonds is 6. The fraction of sp³-hybridized carbons (Fsp3) is 0.429. The summed E-state index contributed by atoms with van der Waals surface area (Å²) in [7, 11) is -3.28. The van der Waals surface area contributed by atoms with Crippen molar-refractivity contribution in [2.24, 2.45) is 0 Å². The quantitative estimate of drug-likeness (QED) is 0.575. The normalized spacial score (nSPS) is 10.8. The Morgan fingerprint density at radius 3 is 2.11 bits per heavy atom. The first-order valence-corrected chi connectivity index (χ1v) is 7.72. The molecule has 0 bridgehead atoms. The monoisotopic (exact) mass is 266 g/mol. The molecule has 0 fully saturated rings. The summed E-state index contributed by atoms with van der Waals surface area (Å²) >= 11 is 0. The second-order valence-corrected chi connectivity index (χ2v) is 5.50. The number of hydrogen-bond donors (Lipinski definition) is 0. The molecule has 0 aromatic heterocycles. The van der Waals surface area contributed by atoms with Crippen LogP contribution in [0.5, 0.6) is 0 Å². The molecule has 1 aromatic rings. The van der Waals surface area contributed by atoms with Crippen molar-refractivity contribution >= 4 is 7.60 Å². The second kappa shape index (κ2) is 8.11. The minimum atomic E-state index is -3.28. The third-order valence-corrected chi connectivity index (χ3v) is 3.47. The summed E-state index contributed by atoms with van der Waals surface area (Å²) < 4.78 is 22.8. The highest BCUT2D eigenvalue weighted by atomic mass is 31.2. The van der Waals surface area contributed by atoms with Gasteiger partial charge in [0.2, 0.25) is 0 Å². The van der Waals surface area contributed by atoms with Gasteiger partial charge in [-0.25, -0.2) is 4.57 Å². The Labute approximate surface area is 109 Å². The first kappa shape index (κ1) is 15.0. The van der Waals surface area contributed by atoms with E-state index in [-0.39, 0.29) is 0 Å². The number of benzene rings is 1. The molecule has 0 saturated heterocycles. The Morgan fingerprint density at radius 2 is 1.61 bits per heavy atom. The topological polar surface area (TPSA) is 35.5 Å². The predicted octanol–water partition coefficient (Wildman–Crippen LogP) is 4.04. The van der Waals surface area contributed by atoms with Gasteiger partial charge in [-0.1, -0.05) is 38.0 Å². The van der Waals surface area contributed by atoms with Gasteiger partial charge in [-0.3, -0.25) is 9.05 Å². The predicted molar refractivity (Wildman–Crippen MR) is 73.4 cm³/mol. The Hall–Kier alpha value is -1.07. The van der Waals surface area contributed by atoms with E-state index in [1.807, 2.05) is 44.2 Å². The maximum Gasteiger partial charge on any atom is 0.405 e. The molecule has 0 N–H and O–H groups in total. The number of hydrogen-bond acceptors (Lipinski definition) is 3. The summed E-state index contributed by atoms with van der Waals surface area (Å²) in [5, 5.41) is 0. The highest BCUT2D eigenvalue weighted by Crippen LogP contribution is 2.47. The lowest BCUT2D eigenvalue weighted by molar-refractivity contribution is 0.214. The SMILES string of the molecule is CCCOP(=O)(C#Cc1ccccc1)OCCC. The van der Waals surface area contributed by atoms with E-state index in [2.05, 4.69) is 11.6 Å². The van der Waals surface area contributed by atoms with Crippen LogP contribution in [0.2, 0.25) is 0 Å². The van der Waals surface area contributed by atoms with Crippen molar-refractivity contribution in [2.45, 2.75) is 26.7 Å². The van der Waals surface area contributed by atoms with Crippen molar-refractivity contribution in [2.75, 3.05) is 13.2 Å². The summed E-state index contributed by atoms with van der Waals surface area (Å²) in [4.78, 5) is 0. The molecule has 0 radical (unpaired) electrons. The van der Waals surface area contributed by atoms with Crippen LogP contribution in [0.15, 0.2) is 30.3 Å². The third kappa shape index (κ3) is 5.51. The maximum absolute atomic E-state index is 12.3. The third-order valence-electron chi connectivity index (χ3n) is 2.04. The molecule has 0 amide bonds. The minimum Gasteiger partial charge on any atom is -0.299 e. The molecule has 1 rings (SSSR count). The summed E-state index contributed by atoms with van der Waals surface area (Å²) in [5.41, 5.74) is 3.45. The summed E-state index contributed by atoms with van der Waals surface area (Å²) in [6, 6.07) is 9.39. The molecule has 0 heterocycles. The van der Waals surface area contributed by atoms with Crippen LogP contribution in [0, 0.1) is 11.6 Å². The first-order chi connectivity index (χ1) is 8.70. The van der Waals surface area contributed by atoms with Crippen LogP contribution in [0.25, 0.3) is 0 Å².